The van der Waals surface area contributed by atoms with E-state index in [0.29, 0.717) is 11.0 Å². The van der Waals surface area contributed by atoms with Gasteiger partial charge in [0, 0.05) is 11.6 Å². The van der Waals surface area contributed by atoms with E-state index in [1.54, 1.807) is 6.07 Å². The lowest BCUT2D eigenvalue weighted by molar-refractivity contribution is 0.305. The molecule has 0 atom stereocenters. The molecule has 1 aliphatic rings. The summed E-state index contributed by atoms with van der Waals surface area (Å²) in [4.78, 5) is 8.32. The van der Waals surface area contributed by atoms with Gasteiger partial charge in [-0.2, -0.15) is 0 Å². The minimum atomic E-state index is 0.212. The highest BCUT2D eigenvalue weighted by atomic mass is 35.5. The van der Waals surface area contributed by atoms with Crippen molar-refractivity contribution < 1.29 is 0 Å². The van der Waals surface area contributed by atoms with Gasteiger partial charge in [0.15, 0.2) is 0 Å². The van der Waals surface area contributed by atoms with E-state index in [9.17, 15) is 0 Å². The predicted octanol–water partition coefficient (Wildman–Crippen LogP) is 2.79. The molecule has 14 heavy (non-hydrogen) atoms. The number of aromatic nitrogens is 2. The summed E-state index contributed by atoms with van der Waals surface area (Å²) in [6.07, 6.45) is 3.70. The topological polar surface area (TPSA) is 37.8 Å². The Labute approximate surface area is 88.9 Å². The molecule has 1 saturated carbocycles. The van der Waals surface area contributed by atoms with E-state index in [1.165, 1.54) is 19.3 Å². The van der Waals surface area contributed by atoms with Crippen LogP contribution < -0.4 is 5.32 Å². The van der Waals surface area contributed by atoms with Crippen LogP contribution in [0.15, 0.2) is 6.07 Å². The molecule has 0 unspecified atom stereocenters. The van der Waals surface area contributed by atoms with Gasteiger partial charge in [0.05, 0.1) is 0 Å². The summed E-state index contributed by atoms with van der Waals surface area (Å²) in [5.41, 5.74) is 0.212. The number of nitrogens with one attached hydrogen (secondary N) is 1. The Kier molecular flexibility index (Phi) is 2.35. The maximum atomic E-state index is 5.85. The van der Waals surface area contributed by atoms with Gasteiger partial charge in [-0.3, -0.25) is 0 Å². The van der Waals surface area contributed by atoms with Gasteiger partial charge in [0.25, 0.3) is 0 Å². The zero-order valence-corrected chi connectivity index (χ0v) is 9.23. The van der Waals surface area contributed by atoms with Crippen LogP contribution in [0, 0.1) is 6.92 Å². The number of hydrogen-bond acceptors (Lipinski definition) is 3. The average molecular weight is 212 g/mol. The molecule has 0 amide bonds. The van der Waals surface area contributed by atoms with Crippen LogP contribution in [0.5, 0.6) is 0 Å². The van der Waals surface area contributed by atoms with Gasteiger partial charge in [0.2, 0.25) is 0 Å². The third-order valence-electron chi connectivity index (χ3n) is 2.69. The molecule has 1 aromatic rings. The number of rotatable bonds is 2. The standard InChI is InChI=1S/C10H14ClN3/c1-7-12-8(11)6-9(13-7)14-10(2)4-3-5-10/h6H,3-5H2,1-2H3,(H,12,13,14). The maximum Gasteiger partial charge on any atom is 0.134 e. The Balaban J connectivity index is 2.16. The van der Waals surface area contributed by atoms with Crippen molar-refractivity contribution in [1.29, 1.82) is 0 Å². The summed E-state index contributed by atoms with van der Waals surface area (Å²) in [6, 6.07) is 1.78. The van der Waals surface area contributed by atoms with E-state index >= 15 is 0 Å². The Morgan fingerprint density at radius 3 is 2.64 bits per heavy atom. The Bertz CT molecular complexity index is 327. The molecule has 1 heterocycles. The molecule has 0 bridgehead atoms. The van der Waals surface area contributed by atoms with E-state index in [1.807, 2.05) is 6.92 Å². The zero-order chi connectivity index (χ0) is 10.2. The first-order valence-corrected chi connectivity index (χ1v) is 5.25. The molecule has 1 fully saturated rings. The van der Waals surface area contributed by atoms with Crippen molar-refractivity contribution >= 4 is 17.4 Å². The highest BCUT2D eigenvalue weighted by Crippen LogP contribution is 2.34. The fourth-order valence-corrected chi connectivity index (χ4v) is 1.96. The molecule has 1 aromatic heterocycles. The van der Waals surface area contributed by atoms with Crippen LogP contribution in [-0.2, 0) is 0 Å². The summed E-state index contributed by atoms with van der Waals surface area (Å²) in [5, 5.41) is 3.90. The molecule has 0 aromatic carbocycles. The third-order valence-corrected chi connectivity index (χ3v) is 2.89. The van der Waals surface area contributed by atoms with Gasteiger partial charge in [-0.05, 0) is 33.1 Å². The van der Waals surface area contributed by atoms with Crippen molar-refractivity contribution in [2.24, 2.45) is 0 Å². The molecule has 3 nitrogen and oxygen atoms in total. The van der Waals surface area contributed by atoms with Gasteiger partial charge in [-0.25, -0.2) is 9.97 Å². The minimum Gasteiger partial charge on any atom is -0.365 e. The quantitative estimate of drug-likeness (QED) is 0.765. The SMILES string of the molecule is Cc1nc(Cl)cc(NC2(C)CCC2)n1. The van der Waals surface area contributed by atoms with Crippen LogP contribution in [0.25, 0.3) is 0 Å². The van der Waals surface area contributed by atoms with Crippen molar-refractivity contribution in [3.8, 4) is 0 Å². The fourth-order valence-electron chi connectivity index (χ4n) is 1.74. The highest BCUT2D eigenvalue weighted by molar-refractivity contribution is 6.29. The monoisotopic (exact) mass is 211 g/mol. The second kappa shape index (κ2) is 3.39. The largest absolute Gasteiger partial charge is 0.365 e. The number of hydrogen-bond donors (Lipinski definition) is 1. The Morgan fingerprint density at radius 2 is 2.14 bits per heavy atom. The lowest BCUT2D eigenvalue weighted by atomic mass is 9.78. The molecule has 4 heteroatoms. The molecule has 0 spiro atoms. The Morgan fingerprint density at radius 1 is 1.43 bits per heavy atom. The molecule has 0 aliphatic heterocycles. The van der Waals surface area contributed by atoms with Crippen molar-refractivity contribution in [2.75, 3.05) is 5.32 Å². The van der Waals surface area contributed by atoms with E-state index in [2.05, 4.69) is 22.2 Å². The number of halogens is 1. The van der Waals surface area contributed by atoms with Gasteiger partial charge in [0.1, 0.15) is 16.8 Å². The van der Waals surface area contributed by atoms with Crippen LogP contribution >= 0.6 is 11.6 Å². The minimum absolute atomic E-state index is 0.212. The molecular formula is C10H14ClN3. The summed E-state index contributed by atoms with van der Waals surface area (Å²) >= 11 is 5.85. The number of nitrogens with zero attached hydrogens (tertiary/aromatic N) is 2. The lowest BCUT2D eigenvalue weighted by Gasteiger charge is -2.39. The van der Waals surface area contributed by atoms with E-state index in [-0.39, 0.29) is 5.54 Å². The summed E-state index contributed by atoms with van der Waals surface area (Å²) in [5.74, 6) is 1.55. The molecule has 0 saturated heterocycles. The lowest BCUT2D eigenvalue weighted by Crippen LogP contribution is -2.41. The maximum absolute atomic E-state index is 5.85. The van der Waals surface area contributed by atoms with Gasteiger partial charge in [-0.15, -0.1) is 0 Å². The van der Waals surface area contributed by atoms with Crippen molar-refractivity contribution in [3.63, 3.8) is 0 Å². The highest BCUT2D eigenvalue weighted by Gasteiger charge is 2.31. The van der Waals surface area contributed by atoms with Gasteiger partial charge < -0.3 is 5.32 Å². The normalized spacial score (nSPS) is 18.8. The Hall–Kier alpha value is -0.830. The van der Waals surface area contributed by atoms with Crippen molar-refractivity contribution in [2.45, 2.75) is 38.6 Å². The fraction of sp³-hybridized carbons (Fsp3) is 0.600. The van der Waals surface area contributed by atoms with Gasteiger partial charge in [-0.1, -0.05) is 11.6 Å². The van der Waals surface area contributed by atoms with E-state index in [4.69, 9.17) is 11.6 Å². The van der Waals surface area contributed by atoms with Crippen LogP contribution in [0.3, 0.4) is 0 Å². The van der Waals surface area contributed by atoms with Crippen molar-refractivity contribution in [1.82, 2.24) is 9.97 Å². The second-order valence-corrected chi connectivity index (χ2v) is 4.55. The van der Waals surface area contributed by atoms with Gasteiger partial charge >= 0.3 is 0 Å². The first-order valence-electron chi connectivity index (χ1n) is 4.87. The predicted molar refractivity (Wildman–Crippen MR) is 57.7 cm³/mol. The van der Waals surface area contributed by atoms with Crippen LogP contribution in [0.1, 0.15) is 32.0 Å². The smallest absolute Gasteiger partial charge is 0.134 e. The summed E-state index contributed by atoms with van der Waals surface area (Å²) < 4.78 is 0. The molecule has 0 radical (unpaired) electrons. The number of anilines is 1. The molecule has 1 aliphatic carbocycles. The van der Waals surface area contributed by atoms with E-state index < -0.39 is 0 Å². The molecular weight excluding hydrogens is 198 g/mol. The summed E-state index contributed by atoms with van der Waals surface area (Å²) in [6.45, 7) is 4.06. The van der Waals surface area contributed by atoms with Crippen molar-refractivity contribution in [3.05, 3.63) is 17.0 Å². The summed E-state index contributed by atoms with van der Waals surface area (Å²) in [7, 11) is 0. The van der Waals surface area contributed by atoms with Crippen LogP contribution in [0.4, 0.5) is 5.82 Å². The van der Waals surface area contributed by atoms with Crippen LogP contribution in [0.2, 0.25) is 5.15 Å². The first kappa shape index (κ1) is 9.71. The molecule has 76 valence electrons. The van der Waals surface area contributed by atoms with Crippen LogP contribution in [-0.4, -0.2) is 15.5 Å². The molecule has 1 N–H and O–H groups in total. The third kappa shape index (κ3) is 1.98. The number of aryl methyl sites for hydroxylation is 1. The zero-order valence-electron chi connectivity index (χ0n) is 8.47. The average Bonchev–Trinajstić information content (AvgIpc) is 1.99. The van der Waals surface area contributed by atoms with E-state index in [0.717, 1.165) is 5.82 Å². The second-order valence-electron chi connectivity index (χ2n) is 4.16. The first-order chi connectivity index (χ1) is 6.57. The molecule has 2 rings (SSSR count).